The second-order valence-electron chi connectivity index (χ2n) is 6.59. The van der Waals surface area contributed by atoms with Gasteiger partial charge >= 0.3 is 0 Å². The zero-order valence-electron chi connectivity index (χ0n) is 14.0. The maximum Gasteiger partial charge on any atom is 0.251 e. The predicted molar refractivity (Wildman–Crippen MR) is 91.6 cm³/mol. The van der Waals surface area contributed by atoms with Crippen molar-refractivity contribution in [3.8, 4) is 0 Å². The van der Waals surface area contributed by atoms with Crippen LogP contribution in [-0.4, -0.2) is 21.7 Å². The number of amides is 1. The number of hydrogen-bond donors (Lipinski definition) is 1. The van der Waals surface area contributed by atoms with E-state index >= 15 is 0 Å². The molecule has 122 valence electrons. The average Bonchev–Trinajstić information content (AvgIpc) is 2.86. The Kier molecular flexibility index (Phi) is 4.79. The molecule has 1 aliphatic carbocycles. The second-order valence-corrected chi connectivity index (χ2v) is 6.59. The molecule has 1 N–H and O–H groups in total. The summed E-state index contributed by atoms with van der Waals surface area (Å²) in [5, 5.41) is 7.64. The number of nitrogens with one attached hydrogen (secondary N) is 1. The van der Waals surface area contributed by atoms with Crippen LogP contribution in [0.5, 0.6) is 0 Å². The van der Waals surface area contributed by atoms with Crippen molar-refractivity contribution in [1.82, 2.24) is 15.1 Å². The largest absolute Gasteiger partial charge is 0.349 e. The molecule has 1 fully saturated rings. The molecule has 4 heteroatoms. The van der Waals surface area contributed by atoms with Gasteiger partial charge in [0.05, 0.1) is 12.2 Å². The molecule has 1 saturated carbocycles. The van der Waals surface area contributed by atoms with E-state index in [9.17, 15) is 4.79 Å². The Morgan fingerprint density at radius 2 is 1.87 bits per heavy atom. The Balaban J connectivity index is 1.62. The Morgan fingerprint density at radius 1 is 1.17 bits per heavy atom. The molecule has 0 saturated heterocycles. The Labute approximate surface area is 137 Å². The fraction of sp³-hybridized carbons (Fsp3) is 0.474. The van der Waals surface area contributed by atoms with Crippen molar-refractivity contribution >= 4 is 5.91 Å². The van der Waals surface area contributed by atoms with Gasteiger partial charge in [0.25, 0.3) is 5.91 Å². The monoisotopic (exact) mass is 311 g/mol. The Bertz CT molecular complexity index is 666. The number of aryl methyl sites for hydroxylation is 2. The van der Waals surface area contributed by atoms with E-state index in [1.165, 1.54) is 19.3 Å². The lowest BCUT2D eigenvalue weighted by molar-refractivity contribution is 0.0927. The van der Waals surface area contributed by atoms with E-state index in [1.54, 1.807) is 0 Å². The lowest BCUT2D eigenvalue weighted by Gasteiger charge is -2.22. The van der Waals surface area contributed by atoms with Gasteiger partial charge in [-0.15, -0.1) is 0 Å². The van der Waals surface area contributed by atoms with Crippen molar-refractivity contribution in [2.45, 2.75) is 58.5 Å². The summed E-state index contributed by atoms with van der Waals surface area (Å²) in [5.41, 5.74) is 4.09. The number of nitrogens with zero attached hydrogens (tertiary/aromatic N) is 2. The van der Waals surface area contributed by atoms with Gasteiger partial charge < -0.3 is 5.32 Å². The van der Waals surface area contributed by atoms with Crippen LogP contribution in [0.3, 0.4) is 0 Å². The van der Waals surface area contributed by atoms with Crippen LogP contribution in [0.2, 0.25) is 0 Å². The van der Waals surface area contributed by atoms with Crippen LogP contribution < -0.4 is 5.32 Å². The van der Waals surface area contributed by atoms with E-state index in [0.717, 1.165) is 41.9 Å². The van der Waals surface area contributed by atoms with Crippen molar-refractivity contribution in [3.63, 3.8) is 0 Å². The highest BCUT2D eigenvalue weighted by Crippen LogP contribution is 2.18. The number of rotatable bonds is 4. The van der Waals surface area contributed by atoms with Gasteiger partial charge in [0, 0.05) is 17.3 Å². The van der Waals surface area contributed by atoms with Gasteiger partial charge in [0.2, 0.25) is 0 Å². The van der Waals surface area contributed by atoms with Gasteiger partial charge in [0.15, 0.2) is 0 Å². The maximum absolute atomic E-state index is 12.3. The molecular weight excluding hydrogens is 286 g/mol. The minimum atomic E-state index is 0.0505. The molecule has 0 bridgehead atoms. The molecule has 1 aliphatic rings. The molecule has 3 rings (SSSR count). The molecule has 4 nitrogen and oxygen atoms in total. The van der Waals surface area contributed by atoms with Crippen molar-refractivity contribution in [1.29, 1.82) is 0 Å². The summed E-state index contributed by atoms with van der Waals surface area (Å²) in [6.07, 6.45) is 5.98. The summed E-state index contributed by atoms with van der Waals surface area (Å²) in [7, 11) is 0. The molecule has 1 heterocycles. The second kappa shape index (κ2) is 6.99. The first-order valence-corrected chi connectivity index (χ1v) is 8.53. The zero-order valence-corrected chi connectivity index (χ0v) is 14.0. The molecule has 0 aliphatic heterocycles. The molecule has 23 heavy (non-hydrogen) atoms. The minimum absolute atomic E-state index is 0.0505. The predicted octanol–water partition coefficient (Wildman–Crippen LogP) is 3.61. The van der Waals surface area contributed by atoms with Crippen LogP contribution in [-0.2, 0) is 6.54 Å². The molecular formula is C19H25N3O. The Hall–Kier alpha value is -2.10. The summed E-state index contributed by atoms with van der Waals surface area (Å²) >= 11 is 0. The zero-order chi connectivity index (χ0) is 16.2. The fourth-order valence-corrected chi connectivity index (χ4v) is 3.29. The molecule has 1 aromatic carbocycles. The van der Waals surface area contributed by atoms with E-state index in [2.05, 4.69) is 23.4 Å². The van der Waals surface area contributed by atoms with E-state index in [0.29, 0.717) is 6.04 Å². The van der Waals surface area contributed by atoms with Crippen molar-refractivity contribution in [2.75, 3.05) is 0 Å². The molecule has 0 spiro atoms. The highest BCUT2D eigenvalue weighted by Gasteiger charge is 2.16. The lowest BCUT2D eigenvalue weighted by atomic mass is 9.95. The summed E-state index contributed by atoms with van der Waals surface area (Å²) < 4.78 is 1.99. The molecule has 2 aromatic rings. The van der Waals surface area contributed by atoms with Gasteiger partial charge in [0.1, 0.15) is 0 Å². The number of carbonyl (C=O) groups is 1. The molecule has 0 atom stereocenters. The summed E-state index contributed by atoms with van der Waals surface area (Å²) in [5.74, 6) is 0.0505. The summed E-state index contributed by atoms with van der Waals surface area (Å²) in [6.45, 7) is 4.80. The van der Waals surface area contributed by atoms with Gasteiger partial charge in [-0.05, 0) is 50.5 Å². The quantitative estimate of drug-likeness (QED) is 0.937. The first kappa shape index (κ1) is 15.8. The summed E-state index contributed by atoms with van der Waals surface area (Å²) in [6, 6.07) is 10.3. The number of carbonyl (C=O) groups excluding carboxylic acids is 1. The third-order valence-electron chi connectivity index (χ3n) is 4.59. The van der Waals surface area contributed by atoms with E-state index in [-0.39, 0.29) is 5.91 Å². The number of aromatic nitrogens is 2. The average molecular weight is 311 g/mol. The lowest BCUT2D eigenvalue weighted by Crippen LogP contribution is -2.36. The van der Waals surface area contributed by atoms with E-state index in [1.807, 2.05) is 35.9 Å². The van der Waals surface area contributed by atoms with Gasteiger partial charge in [-0.2, -0.15) is 5.10 Å². The van der Waals surface area contributed by atoms with Crippen LogP contribution in [0.1, 0.15) is 59.4 Å². The fourth-order valence-electron chi connectivity index (χ4n) is 3.29. The van der Waals surface area contributed by atoms with E-state index in [4.69, 9.17) is 0 Å². The molecule has 1 amide bonds. The molecule has 0 unspecified atom stereocenters. The highest BCUT2D eigenvalue weighted by molar-refractivity contribution is 5.94. The van der Waals surface area contributed by atoms with Crippen LogP contribution >= 0.6 is 0 Å². The van der Waals surface area contributed by atoms with Gasteiger partial charge in [-0.1, -0.05) is 31.4 Å². The highest BCUT2D eigenvalue weighted by atomic mass is 16.1. The van der Waals surface area contributed by atoms with E-state index < -0.39 is 0 Å². The smallest absolute Gasteiger partial charge is 0.251 e. The van der Waals surface area contributed by atoms with Crippen molar-refractivity contribution < 1.29 is 4.79 Å². The number of hydrogen-bond acceptors (Lipinski definition) is 2. The third kappa shape index (κ3) is 4.01. The topological polar surface area (TPSA) is 46.9 Å². The third-order valence-corrected chi connectivity index (χ3v) is 4.59. The van der Waals surface area contributed by atoms with Crippen LogP contribution in [0.4, 0.5) is 0 Å². The number of benzene rings is 1. The first-order valence-electron chi connectivity index (χ1n) is 8.53. The Morgan fingerprint density at radius 3 is 2.48 bits per heavy atom. The summed E-state index contributed by atoms with van der Waals surface area (Å²) in [4.78, 5) is 12.3. The van der Waals surface area contributed by atoms with Crippen LogP contribution in [0.15, 0.2) is 30.3 Å². The SMILES string of the molecule is Cc1cc(C)n(Cc2ccc(C(=O)NC3CCCCC3)cc2)n1. The minimum Gasteiger partial charge on any atom is -0.349 e. The molecule has 1 aromatic heterocycles. The van der Waals surface area contributed by atoms with Crippen LogP contribution in [0, 0.1) is 13.8 Å². The normalized spacial score (nSPS) is 15.6. The van der Waals surface area contributed by atoms with Crippen LogP contribution in [0.25, 0.3) is 0 Å². The van der Waals surface area contributed by atoms with Crippen molar-refractivity contribution in [2.24, 2.45) is 0 Å². The maximum atomic E-state index is 12.3. The van der Waals surface area contributed by atoms with Gasteiger partial charge in [-0.25, -0.2) is 0 Å². The van der Waals surface area contributed by atoms with Gasteiger partial charge in [-0.3, -0.25) is 9.48 Å². The molecule has 0 radical (unpaired) electrons. The van der Waals surface area contributed by atoms with Crippen molar-refractivity contribution in [3.05, 3.63) is 52.8 Å². The first-order chi connectivity index (χ1) is 11.1. The standard InChI is InChI=1S/C19H25N3O/c1-14-12-15(2)22(21-14)13-16-8-10-17(11-9-16)19(23)20-18-6-4-3-5-7-18/h8-12,18H,3-7,13H2,1-2H3,(H,20,23).